The van der Waals surface area contributed by atoms with E-state index < -0.39 is 0 Å². The predicted octanol–water partition coefficient (Wildman–Crippen LogP) is 3.25. The summed E-state index contributed by atoms with van der Waals surface area (Å²) in [5.41, 5.74) is 2.23. The zero-order valence-electron chi connectivity index (χ0n) is 15.3. The van der Waals surface area contributed by atoms with E-state index in [-0.39, 0.29) is 24.1 Å². The highest BCUT2D eigenvalue weighted by molar-refractivity contribution is 6.09. The smallest absolute Gasteiger partial charge is 0.322 e. The summed E-state index contributed by atoms with van der Waals surface area (Å²) in [6.45, 7) is 3.48. The number of aliphatic imine (C=N–C) groups is 1. The van der Waals surface area contributed by atoms with Gasteiger partial charge in [0.25, 0.3) is 0 Å². The molecule has 0 saturated heterocycles. The number of carbonyl (C=O) groups excluding carboxylic acids is 1. The monoisotopic (exact) mass is 397 g/mol. The quantitative estimate of drug-likeness (QED) is 0.642. The molecule has 0 saturated carbocycles. The maximum absolute atomic E-state index is 12.7. The summed E-state index contributed by atoms with van der Waals surface area (Å²) >= 11 is 0. The maximum Gasteiger partial charge on any atom is 0.322 e. The van der Waals surface area contributed by atoms with Gasteiger partial charge >= 0.3 is 6.01 Å². The Kier molecular flexibility index (Phi) is 6.06. The van der Waals surface area contributed by atoms with E-state index in [0.717, 1.165) is 18.7 Å². The number of hydrogen-bond donors (Lipinski definition) is 2. The molecule has 3 aromatic rings. The number of ketones is 1. The Morgan fingerprint density at radius 2 is 1.89 bits per heavy atom. The molecule has 1 unspecified atom stereocenters. The molecule has 2 aromatic carbocycles. The molecule has 2 heterocycles. The minimum Gasteiger partial charge on any atom is -0.407 e. The Labute approximate surface area is 168 Å². The van der Waals surface area contributed by atoms with Crippen LogP contribution in [0.1, 0.15) is 40.2 Å². The number of rotatable bonds is 5. The topological polar surface area (TPSA) is 92.4 Å². The first-order chi connectivity index (χ1) is 13.2. The van der Waals surface area contributed by atoms with Crippen molar-refractivity contribution in [3.8, 4) is 0 Å². The Morgan fingerprint density at radius 3 is 2.64 bits per heavy atom. The number of carbonyl (C=O) groups is 1. The molecular weight excluding hydrogens is 378 g/mol. The summed E-state index contributed by atoms with van der Waals surface area (Å²) in [4.78, 5) is 16.9. The number of guanidine groups is 1. The molecular formula is C20H20ClN5O2. The van der Waals surface area contributed by atoms with Crippen LogP contribution in [0, 0.1) is 0 Å². The Bertz CT molecular complexity index is 987. The van der Waals surface area contributed by atoms with E-state index >= 15 is 0 Å². The van der Waals surface area contributed by atoms with E-state index in [1.165, 1.54) is 0 Å². The number of halogens is 1. The number of anilines is 1. The molecule has 2 N–H and O–H groups in total. The summed E-state index contributed by atoms with van der Waals surface area (Å²) < 4.78 is 5.71. The third kappa shape index (κ3) is 4.20. The fourth-order valence-corrected chi connectivity index (χ4v) is 2.89. The van der Waals surface area contributed by atoms with Crippen LogP contribution in [0.3, 0.4) is 0 Å². The lowest BCUT2D eigenvalue weighted by Gasteiger charge is -2.09. The molecule has 0 fully saturated rings. The second-order valence-corrected chi connectivity index (χ2v) is 6.27. The van der Waals surface area contributed by atoms with Crippen molar-refractivity contribution in [2.75, 3.05) is 18.4 Å². The Balaban J connectivity index is 0.00000225. The number of benzene rings is 2. The molecule has 1 atom stereocenters. The van der Waals surface area contributed by atoms with Crippen LogP contribution < -0.4 is 10.6 Å². The van der Waals surface area contributed by atoms with Gasteiger partial charge in [0.2, 0.25) is 5.89 Å². The van der Waals surface area contributed by atoms with E-state index in [9.17, 15) is 4.79 Å². The summed E-state index contributed by atoms with van der Waals surface area (Å²) in [5.74, 6) is 0.951. The molecule has 1 aromatic heterocycles. The lowest BCUT2D eigenvalue weighted by molar-refractivity contribution is 0.103. The van der Waals surface area contributed by atoms with Gasteiger partial charge in [-0.2, -0.15) is 0 Å². The maximum atomic E-state index is 12.7. The zero-order chi connectivity index (χ0) is 18.6. The molecule has 4 rings (SSSR count). The van der Waals surface area contributed by atoms with E-state index in [1.807, 2.05) is 61.5 Å². The summed E-state index contributed by atoms with van der Waals surface area (Å²) in [7, 11) is 0. The normalized spacial score (nSPS) is 13.8. The van der Waals surface area contributed by atoms with Crippen LogP contribution in [0.2, 0.25) is 0 Å². The fraction of sp³-hybridized carbons (Fsp3) is 0.200. The number of aromatic nitrogens is 2. The third-order valence-electron chi connectivity index (χ3n) is 4.40. The van der Waals surface area contributed by atoms with E-state index in [0.29, 0.717) is 29.0 Å². The Hall–Kier alpha value is -3.19. The highest BCUT2D eigenvalue weighted by atomic mass is 35.5. The lowest BCUT2D eigenvalue weighted by Crippen LogP contribution is -2.26. The van der Waals surface area contributed by atoms with Crippen molar-refractivity contribution >= 4 is 30.2 Å². The summed E-state index contributed by atoms with van der Waals surface area (Å²) in [6.07, 6.45) is 0. The lowest BCUT2D eigenvalue weighted by atomic mass is 9.96. The number of hydrogen-bond acceptors (Lipinski definition) is 7. The first kappa shape index (κ1) is 19.6. The standard InChI is InChI=1S/C20H19N5O2.ClH/c1-13(18-24-25-20(27-18)23-19-21-10-11-22-19)15-8-5-9-16(12-15)17(26)14-6-3-2-4-7-14;/h2-9,12-13H,10-11H2,1H3,(H2,21,22,23,25);1H. The van der Waals surface area contributed by atoms with Crippen molar-refractivity contribution in [1.82, 2.24) is 15.5 Å². The van der Waals surface area contributed by atoms with Gasteiger partial charge in [0.1, 0.15) is 0 Å². The van der Waals surface area contributed by atoms with Crippen molar-refractivity contribution in [2.45, 2.75) is 12.8 Å². The first-order valence-corrected chi connectivity index (χ1v) is 8.79. The minimum atomic E-state index is -0.143. The molecule has 1 aliphatic heterocycles. The molecule has 8 heteroatoms. The van der Waals surface area contributed by atoms with Gasteiger partial charge in [-0.1, -0.05) is 53.6 Å². The average molecular weight is 398 g/mol. The van der Waals surface area contributed by atoms with Crippen LogP contribution in [0.25, 0.3) is 0 Å². The predicted molar refractivity (Wildman–Crippen MR) is 109 cm³/mol. The van der Waals surface area contributed by atoms with Gasteiger partial charge < -0.3 is 9.73 Å². The molecule has 144 valence electrons. The van der Waals surface area contributed by atoms with Gasteiger partial charge in [0.05, 0.1) is 12.5 Å². The van der Waals surface area contributed by atoms with Gasteiger partial charge in [-0.3, -0.25) is 15.1 Å². The SMILES string of the molecule is CC(c1cccc(C(=O)c2ccccc2)c1)c1nnc(NC2=NCCN2)o1.Cl. The first-order valence-electron chi connectivity index (χ1n) is 8.79. The molecule has 0 bridgehead atoms. The van der Waals surface area contributed by atoms with Crippen LogP contribution in [-0.2, 0) is 0 Å². The van der Waals surface area contributed by atoms with Crippen molar-refractivity contribution in [3.05, 3.63) is 77.2 Å². The second-order valence-electron chi connectivity index (χ2n) is 6.27. The van der Waals surface area contributed by atoms with Crippen LogP contribution in [0.5, 0.6) is 0 Å². The zero-order valence-corrected chi connectivity index (χ0v) is 16.1. The minimum absolute atomic E-state index is 0. The molecule has 7 nitrogen and oxygen atoms in total. The second kappa shape index (κ2) is 8.67. The number of nitrogens with zero attached hydrogens (tertiary/aromatic N) is 3. The molecule has 1 aliphatic rings. The van der Waals surface area contributed by atoms with Crippen LogP contribution >= 0.6 is 12.4 Å². The highest BCUT2D eigenvalue weighted by Gasteiger charge is 2.19. The van der Waals surface area contributed by atoms with Crippen LogP contribution in [0.15, 0.2) is 64.0 Å². The number of nitrogens with one attached hydrogen (secondary N) is 2. The molecule has 0 radical (unpaired) electrons. The van der Waals surface area contributed by atoms with Crippen molar-refractivity contribution in [2.24, 2.45) is 4.99 Å². The summed E-state index contributed by atoms with van der Waals surface area (Å²) in [6, 6.07) is 17.0. The molecule has 0 amide bonds. The molecule has 0 spiro atoms. The van der Waals surface area contributed by atoms with Crippen molar-refractivity contribution in [1.29, 1.82) is 0 Å². The van der Waals surface area contributed by atoms with Crippen LogP contribution in [0.4, 0.5) is 6.01 Å². The van der Waals surface area contributed by atoms with E-state index in [4.69, 9.17) is 4.42 Å². The van der Waals surface area contributed by atoms with Gasteiger partial charge in [-0.25, -0.2) is 0 Å². The van der Waals surface area contributed by atoms with Crippen molar-refractivity contribution in [3.63, 3.8) is 0 Å². The Morgan fingerprint density at radius 1 is 1.11 bits per heavy atom. The molecule has 0 aliphatic carbocycles. The van der Waals surface area contributed by atoms with E-state index in [2.05, 4.69) is 25.8 Å². The van der Waals surface area contributed by atoms with Gasteiger partial charge in [-0.05, 0) is 18.6 Å². The van der Waals surface area contributed by atoms with Crippen LogP contribution in [-0.4, -0.2) is 35.0 Å². The van der Waals surface area contributed by atoms with Gasteiger partial charge in [0, 0.05) is 17.7 Å². The van der Waals surface area contributed by atoms with E-state index in [1.54, 1.807) is 0 Å². The third-order valence-corrected chi connectivity index (χ3v) is 4.40. The molecule has 28 heavy (non-hydrogen) atoms. The average Bonchev–Trinajstić information content (AvgIpc) is 3.40. The van der Waals surface area contributed by atoms with Gasteiger partial charge in [-0.15, -0.1) is 17.5 Å². The largest absolute Gasteiger partial charge is 0.407 e. The van der Waals surface area contributed by atoms with Crippen molar-refractivity contribution < 1.29 is 9.21 Å². The highest BCUT2D eigenvalue weighted by Crippen LogP contribution is 2.25. The fourth-order valence-electron chi connectivity index (χ4n) is 2.89. The summed E-state index contributed by atoms with van der Waals surface area (Å²) in [5, 5.41) is 14.2. The van der Waals surface area contributed by atoms with Gasteiger partial charge in [0.15, 0.2) is 11.7 Å².